The molecule has 0 atom stereocenters. The number of aliphatic imine (C=N–C) groups is 1. The molecule has 2 rings (SSSR count). The van der Waals surface area contributed by atoms with E-state index in [-0.39, 0.29) is 28.1 Å². The second-order valence-corrected chi connectivity index (χ2v) is 6.78. The van der Waals surface area contributed by atoms with Crippen molar-refractivity contribution >= 4 is 33.1 Å². The Morgan fingerprint density at radius 2 is 2.15 bits per heavy atom. The zero-order chi connectivity index (χ0) is 20.0. The average molecular weight is 430 g/mol. The zero-order valence-electron chi connectivity index (χ0n) is 13.1. The van der Waals surface area contributed by atoms with Gasteiger partial charge in [0, 0.05) is 6.54 Å². The number of aromatic nitrogens is 2. The van der Waals surface area contributed by atoms with Crippen LogP contribution < -0.4 is 14.9 Å². The molecule has 148 valence electrons. The van der Waals surface area contributed by atoms with Crippen LogP contribution in [0.1, 0.15) is 5.69 Å². The van der Waals surface area contributed by atoms with E-state index in [1.165, 1.54) is 12.1 Å². The van der Waals surface area contributed by atoms with Crippen LogP contribution in [-0.4, -0.2) is 48.7 Å². The van der Waals surface area contributed by atoms with Gasteiger partial charge in [-0.15, -0.1) is 0 Å². The Labute approximate surface area is 155 Å². The number of ether oxygens (including phenoxy) is 1. The minimum absolute atomic E-state index is 0.136. The summed E-state index contributed by atoms with van der Waals surface area (Å²) in [5.74, 6) is -4.89. The van der Waals surface area contributed by atoms with Crippen LogP contribution in [0.25, 0.3) is 0 Å². The van der Waals surface area contributed by atoms with Gasteiger partial charge in [-0.05, 0) is 28.5 Å². The van der Waals surface area contributed by atoms with Gasteiger partial charge in [-0.2, -0.15) is 8.78 Å². The molecular weight excluding hydrogens is 419 g/mol. The third-order valence-electron chi connectivity index (χ3n) is 2.81. The molecule has 2 aromatic rings. The molecule has 1 aromatic heterocycles. The summed E-state index contributed by atoms with van der Waals surface area (Å²) in [5, 5.41) is 15.8. The van der Waals surface area contributed by atoms with E-state index >= 15 is 0 Å². The monoisotopic (exact) mass is 429 g/mol. The van der Waals surface area contributed by atoms with Crippen molar-refractivity contribution in [1.29, 1.82) is 0 Å². The van der Waals surface area contributed by atoms with E-state index in [1.807, 2.05) is 0 Å². The SMILES string of the molecule is O=S(=O)(NCCOc1nonc1C(=Nc1ccc(F)c(Cl)c1)NO)C(F)F. The number of benzene rings is 1. The molecule has 3 N–H and O–H groups in total. The standard InChI is InChI=1S/C12H11ClF3N5O5S/c13-7-5-6(1-2-8(7)14)18-10(19-22)9-11(21-26-20-9)25-4-3-17-27(23,24)12(15)16/h1-2,5,12,17,22H,3-4H2,(H,18,19). The lowest BCUT2D eigenvalue weighted by atomic mass is 10.3. The Balaban J connectivity index is 2.09. The summed E-state index contributed by atoms with van der Waals surface area (Å²) in [6.45, 7) is -0.903. The van der Waals surface area contributed by atoms with E-state index in [4.69, 9.17) is 16.3 Å². The Morgan fingerprint density at radius 1 is 1.41 bits per heavy atom. The van der Waals surface area contributed by atoms with Crippen LogP contribution in [0.2, 0.25) is 5.02 Å². The van der Waals surface area contributed by atoms with Crippen molar-refractivity contribution in [2.45, 2.75) is 5.76 Å². The highest BCUT2D eigenvalue weighted by molar-refractivity contribution is 7.89. The lowest BCUT2D eigenvalue weighted by Gasteiger charge is -2.07. The molecule has 0 amide bonds. The zero-order valence-corrected chi connectivity index (χ0v) is 14.6. The highest BCUT2D eigenvalue weighted by atomic mass is 35.5. The molecule has 27 heavy (non-hydrogen) atoms. The highest BCUT2D eigenvalue weighted by Gasteiger charge is 2.23. The highest BCUT2D eigenvalue weighted by Crippen LogP contribution is 2.23. The van der Waals surface area contributed by atoms with Gasteiger partial charge in [0.05, 0.1) is 10.7 Å². The summed E-state index contributed by atoms with van der Waals surface area (Å²) in [4.78, 5) is 3.92. The van der Waals surface area contributed by atoms with Crippen LogP contribution in [0.5, 0.6) is 5.88 Å². The van der Waals surface area contributed by atoms with Gasteiger partial charge in [-0.3, -0.25) is 10.7 Å². The Hall–Kier alpha value is -2.42. The molecule has 0 spiro atoms. The summed E-state index contributed by atoms with van der Waals surface area (Å²) in [5.41, 5.74) is 1.63. The van der Waals surface area contributed by atoms with Crippen molar-refractivity contribution in [2.24, 2.45) is 4.99 Å². The lowest BCUT2D eigenvalue weighted by Crippen LogP contribution is -2.33. The Bertz CT molecular complexity index is 924. The normalized spacial score (nSPS) is 12.4. The molecular formula is C12H11ClF3N5O5S. The van der Waals surface area contributed by atoms with E-state index in [0.717, 1.165) is 6.07 Å². The second-order valence-electron chi connectivity index (χ2n) is 4.64. The molecule has 0 fully saturated rings. The van der Waals surface area contributed by atoms with Gasteiger partial charge in [0.2, 0.25) is 5.69 Å². The first-order chi connectivity index (χ1) is 12.7. The minimum Gasteiger partial charge on any atom is -0.472 e. The van der Waals surface area contributed by atoms with Gasteiger partial charge in [-0.25, -0.2) is 27.2 Å². The fourth-order valence-electron chi connectivity index (χ4n) is 1.63. The van der Waals surface area contributed by atoms with Gasteiger partial charge in [-0.1, -0.05) is 11.6 Å². The molecule has 0 saturated carbocycles. The number of hydroxylamine groups is 1. The smallest absolute Gasteiger partial charge is 0.350 e. The van der Waals surface area contributed by atoms with Crippen LogP contribution >= 0.6 is 11.6 Å². The summed E-state index contributed by atoms with van der Waals surface area (Å²) in [6.07, 6.45) is 0. The number of sulfonamides is 1. The van der Waals surface area contributed by atoms with E-state index in [9.17, 15) is 26.8 Å². The number of alkyl halides is 2. The first-order valence-corrected chi connectivity index (χ1v) is 8.83. The summed E-state index contributed by atoms with van der Waals surface area (Å²) in [7, 11) is -4.76. The molecule has 0 radical (unpaired) electrons. The lowest BCUT2D eigenvalue weighted by molar-refractivity contribution is 0.230. The van der Waals surface area contributed by atoms with Crippen LogP contribution in [0, 0.1) is 5.82 Å². The van der Waals surface area contributed by atoms with Crippen molar-refractivity contribution in [3.63, 3.8) is 0 Å². The van der Waals surface area contributed by atoms with Crippen molar-refractivity contribution in [1.82, 2.24) is 20.5 Å². The van der Waals surface area contributed by atoms with Crippen LogP contribution in [0.3, 0.4) is 0 Å². The van der Waals surface area contributed by atoms with E-state index < -0.39 is 34.7 Å². The van der Waals surface area contributed by atoms with Gasteiger partial charge in [0.1, 0.15) is 12.4 Å². The number of nitrogens with one attached hydrogen (secondary N) is 2. The average Bonchev–Trinajstić information content (AvgIpc) is 3.08. The quantitative estimate of drug-likeness (QED) is 0.248. The number of rotatable bonds is 8. The molecule has 0 bridgehead atoms. The minimum atomic E-state index is -4.76. The third-order valence-corrected chi connectivity index (χ3v) is 4.18. The van der Waals surface area contributed by atoms with Crippen LogP contribution in [0.15, 0.2) is 27.8 Å². The van der Waals surface area contributed by atoms with Crippen molar-refractivity contribution in [2.75, 3.05) is 13.2 Å². The van der Waals surface area contributed by atoms with Crippen LogP contribution in [0.4, 0.5) is 18.9 Å². The van der Waals surface area contributed by atoms with E-state index in [2.05, 4.69) is 19.9 Å². The number of halogens is 4. The van der Waals surface area contributed by atoms with Crippen molar-refractivity contribution in [3.05, 3.63) is 34.7 Å². The van der Waals surface area contributed by atoms with E-state index in [0.29, 0.717) is 0 Å². The molecule has 15 heteroatoms. The second kappa shape index (κ2) is 8.98. The topological polar surface area (TPSA) is 139 Å². The van der Waals surface area contributed by atoms with E-state index in [1.54, 1.807) is 10.2 Å². The molecule has 10 nitrogen and oxygen atoms in total. The molecule has 0 aliphatic carbocycles. The summed E-state index contributed by atoms with van der Waals surface area (Å²) < 4.78 is 70.4. The molecule has 0 aliphatic heterocycles. The first-order valence-electron chi connectivity index (χ1n) is 6.91. The van der Waals surface area contributed by atoms with Gasteiger partial charge in [0.15, 0.2) is 5.84 Å². The molecule has 0 unspecified atom stereocenters. The fraction of sp³-hybridized carbons (Fsp3) is 0.250. The summed E-state index contributed by atoms with van der Waals surface area (Å²) >= 11 is 5.63. The maximum atomic E-state index is 13.2. The van der Waals surface area contributed by atoms with Gasteiger partial charge in [0.25, 0.3) is 15.9 Å². The maximum absolute atomic E-state index is 13.2. The maximum Gasteiger partial charge on any atom is 0.350 e. The number of hydrogen-bond donors (Lipinski definition) is 3. The van der Waals surface area contributed by atoms with Crippen molar-refractivity contribution in [3.8, 4) is 5.88 Å². The molecule has 0 saturated heterocycles. The third kappa shape index (κ3) is 5.53. The summed E-state index contributed by atoms with van der Waals surface area (Å²) in [6, 6.07) is 3.47. The van der Waals surface area contributed by atoms with Crippen LogP contribution in [-0.2, 0) is 10.0 Å². The first kappa shape index (κ1) is 20.9. The largest absolute Gasteiger partial charge is 0.472 e. The number of nitrogens with zero attached hydrogens (tertiary/aromatic N) is 3. The van der Waals surface area contributed by atoms with Crippen molar-refractivity contribution < 1.29 is 36.2 Å². The predicted octanol–water partition coefficient (Wildman–Crippen LogP) is 1.44. The van der Waals surface area contributed by atoms with Gasteiger partial charge >= 0.3 is 5.76 Å². The van der Waals surface area contributed by atoms with Gasteiger partial charge < -0.3 is 4.74 Å². The Morgan fingerprint density at radius 3 is 2.78 bits per heavy atom. The molecule has 1 heterocycles. The Kier molecular flexibility index (Phi) is 6.95. The predicted molar refractivity (Wildman–Crippen MR) is 85.2 cm³/mol. The molecule has 1 aromatic carbocycles. The molecule has 0 aliphatic rings. The fourth-order valence-corrected chi connectivity index (χ4v) is 2.30. The number of hydrogen-bond acceptors (Lipinski definition) is 8. The number of amidine groups is 1.